The van der Waals surface area contributed by atoms with E-state index in [4.69, 9.17) is 0 Å². The predicted octanol–water partition coefficient (Wildman–Crippen LogP) is 1.26. The first-order valence-electron chi connectivity index (χ1n) is 6.47. The van der Waals surface area contributed by atoms with Crippen LogP contribution in [0.3, 0.4) is 0 Å². The van der Waals surface area contributed by atoms with Crippen LogP contribution in [0.25, 0.3) is 0 Å². The molecule has 2 aromatic rings. The summed E-state index contributed by atoms with van der Waals surface area (Å²) in [6, 6.07) is 11.4. The first-order chi connectivity index (χ1) is 9.62. The smallest absolute Gasteiger partial charge is 0.242 e. The molecule has 0 saturated heterocycles. The van der Waals surface area contributed by atoms with Gasteiger partial charge in [0.05, 0.1) is 4.90 Å². The molecule has 2 rings (SSSR count). The molecule has 0 radical (unpaired) electrons. The fourth-order valence-corrected chi connectivity index (χ4v) is 2.97. The van der Waals surface area contributed by atoms with Crippen LogP contribution in [0.2, 0.25) is 0 Å². The molecule has 0 unspecified atom stereocenters. The number of sulfonamides is 1. The van der Waals surface area contributed by atoms with E-state index in [1.165, 1.54) is 6.20 Å². The fourth-order valence-electron chi connectivity index (χ4n) is 1.92. The Labute approximate surface area is 119 Å². The number of hydrogen-bond donors (Lipinski definition) is 3. The molecule has 0 fully saturated rings. The Kier molecular flexibility index (Phi) is 4.94. The topological polar surface area (TPSA) is 74.0 Å². The third-order valence-electron chi connectivity index (χ3n) is 2.94. The molecule has 6 heteroatoms. The summed E-state index contributed by atoms with van der Waals surface area (Å²) in [4.78, 5) is 3.21. The lowest BCUT2D eigenvalue weighted by atomic mass is 10.2. The van der Waals surface area contributed by atoms with Crippen molar-refractivity contribution >= 4 is 10.0 Å². The molecule has 108 valence electrons. The molecule has 0 amide bonds. The van der Waals surface area contributed by atoms with Crippen LogP contribution in [0.1, 0.15) is 11.3 Å². The Morgan fingerprint density at radius 3 is 2.65 bits per heavy atom. The van der Waals surface area contributed by atoms with Gasteiger partial charge < -0.3 is 10.3 Å². The van der Waals surface area contributed by atoms with Crippen molar-refractivity contribution in [3.63, 3.8) is 0 Å². The lowest BCUT2D eigenvalue weighted by Gasteiger charge is -2.05. The van der Waals surface area contributed by atoms with Gasteiger partial charge >= 0.3 is 0 Å². The zero-order valence-electron chi connectivity index (χ0n) is 11.4. The number of nitrogens with one attached hydrogen (secondary N) is 3. The Morgan fingerprint density at radius 2 is 1.95 bits per heavy atom. The minimum atomic E-state index is -3.44. The van der Waals surface area contributed by atoms with Crippen molar-refractivity contribution in [3.8, 4) is 0 Å². The van der Waals surface area contributed by atoms with Gasteiger partial charge in [-0.2, -0.15) is 0 Å². The number of benzene rings is 1. The first kappa shape index (κ1) is 14.8. The summed E-state index contributed by atoms with van der Waals surface area (Å²) in [6.45, 7) is 0.998. The van der Waals surface area contributed by atoms with Gasteiger partial charge in [-0.05, 0) is 25.1 Å². The van der Waals surface area contributed by atoms with E-state index in [0.29, 0.717) is 19.5 Å². The predicted molar refractivity (Wildman–Crippen MR) is 78.9 cm³/mol. The summed E-state index contributed by atoms with van der Waals surface area (Å²) < 4.78 is 26.8. The SMILES string of the molecule is CNCc1cc(S(=O)(=O)NCCc2ccccc2)c[nH]1. The molecule has 0 spiro atoms. The zero-order chi connectivity index (χ0) is 14.4. The van der Waals surface area contributed by atoms with Crippen molar-refractivity contribution in [3.05, 3.63) is 53.9 Å². The van der Waals surface area contributed by atoms with Crippen LogP contribution in [0.5, 0.6) is 0 Å². The van der Waals surface area contributed by atoms with E-state index in [1.54, 1.807) is 6.07 Å². The normalized spacial score (nSPS) is 11.7. The number of aromatic nitrogens is 1. The van der Waals surface area contributed by atoms with Crippen LogP contribution in [-0.4, -0.2) is 27.0 Å². The van der Waals surface area contributed by atoms with Gasteiger partial charge in [0.2, 0.25) is 10.0 Å². The molecule has 0 saturated carbocycles. The third kappa shape index (κ3) is 3.93. The molecule has 1 aromatic heterocycles. The molecule has 0 atom stereocenters. The highest BCUT2D eigenvalue weighted by molar-refractivity contribution is 7.89. The highest BCUT2D eigenvalue weighted by Crippen LogP contribution is 2.10. The molecule has 5 nitrogen and oxygen atoms in total. The summed E-state index contributed by atoms with van der Waals surface area (Å²) >= 11 is 0. The van der Waals surface area contributed by atoms with Gasteiger partial charge in [-0.25, -0.2) is 13.1 Å². The summed E-state index contributed by atoms with van der Waals surface area (Å²) in [5.41, 5.74) is 1.95. The lowest BCUT2D eigenvalue weighted by molar-refractivity contribution is 0.582. The van der Waals surface area contributed by atoms with Gasteiger partial charge in [0.25, 0.3) is 0 Å². The maximum Gasteiger partial charge on any atom is 0.242 e. The van der Waals surface area contributed by atoms with E-state index < -0.39 is 10.0 Å². The molecule has 0 aliphatic carbocycles. The van der Waals surface area contributed by atoms with E-state index in [9.17, 15) is 8.42 Å². The van der Waals surface area contributed by atoms with E-state index >= 15 is 0 Å². The van der Waals surface area contributed by atoms with Crippen LogP contribution in [0.4, 0.5) is 0 Å². The van der Waals surface area contributed by atoms with E-state index in [2.05, 4.69) is 15.0 Å². The standard InChI is InChI=1S/C14H19N3O2S/c1-15-10-13-9-14(11-16-13)20(18,19)17-8-7-12-5-3-2-4-6-12/h2-6,9,11,15-17H,7-8,10H2,1H3. The Morgan fingerprint density at radius 1 is 1.20 bits per heavy atom. The minimum absolute atomic E-state index is 0.274. The van der Waals surface area contributed by atoms with Crippen LogP contribution in [0.15, 0.2) is 47.5 Å². The average molecular weight is 293 g/mol. The van der Waals surface area contributed by atoms with Crippen LogP contribution < -0.4 is 10.0 Å². The molecular weight excluding hydrogens is 274 g/mol. The summed E-state index contributed by atoms with van der Waals surface area (Å²) in [7, 11) is -1.62. The van der Waals surface area contributed by atoms with Crippen LogP contribution in [0, 0.1) is 0 Å². The first-order valence-corrected chi connectivity index (χ1v) is 7.95. The Bertz CT molecular complexity index is 635. The average Bonchev–Trinajstić information content (AvgIpc) is 2.90. The Balaban J connectivity index is 1.93. The molecule has 0 bridgehead atoms. The second-order valence-electron chi connectivity index (χ2n) is 4.52. The largest absolute Gasteiger partial charge is 0.363 e. The molecule has 0 aliphatic heterocycles. The monoisotopic (exact) mass is 293 g/mol. The van der Waals surface area contributed by atoms with Gasteiger partial charge in [-0.3, -0.25) is 0 Å². The van der Waals surface area contributed by atoms with Crippen molar-refractivity contribution < 1.29 is 8.42 Å². The van der Waals surface area contributed by atoms with Gasteiger partial charge in [-0.15, -0.1) is 0 Å². The van der Waals surface area contributed by atoms with Gasteiger partial charge in [0, 0.05) is 25.0 Å². The van der Waals surface area contributed by atoms with Gasteiger partial charge in [0.1, 0.15) is 0 Å². The van der Waals surface area contributed by atoms with Crippen LogP contribution in [-0.2, 0) is 23.0 Å². The van der Waals surface area contributed by atoms with Crippen molar-refractivity contribution in [2.45, 2.75) is 17.9 Å². The number of hydrogen-bond acceptors (Lipinski definition) is 3. The summed E-state index contributed by atoms with van der Waals surface area (Å²) in [5, 5.41) is 2.97. The maximum atomic E-state index is 12.1. The number of H-pyrrole nitrogens is 1. The van der Waals surface area contributed by atoms with Crippen molar-refractivity contribution in [2.24, 2.45) is 0 Å². The molecule has 0 aliphatic rings. The van der Waals surface area contributed by atoms with Gasteiger partial charge in [-0.1, -0.05) is 30.3 Å². The molecule has 1 heterocycles. The van der Waals surface area contributed by atoms with E-state index in [-0.39, 0.29) is 4.90 Å². The molecule has 3 N–H and O–H groups in total. The van der Waals surface area contributed by atoms with Crippen molar-refractivity contribution in [2.75, 3.05) is 13.6 Å². The Hall–Kier alpha value is -1.63. The third-order valence-corrected chi connectivity index (χ3v) is 4.38. The second-order valence-corrected chi connectivity index (χ2v) is 6.29. The zero-order valence-corrected chi connectivity index (χ0v) is 12.2. The van der Waals surface area contributed by atoms with Crippen molar-refractivity contribution in [1.29, 1.82) is 0 Å². The fraction of sp³-hybridized carbons (Fsp3) is 0.286. The van der Waals surface area contributed by atoms with E-state index in [1.807, 2.05) is 37.4 Å². The minimum Gasteiger partial charge on any atom is -0.363 e. The molecule has 20 heavy (non-hydrogen) atoms. The maximum absolute atomic E-state index is 12.1. The van der Waals surface area contributed by atoms with E-state index in [0.717, 1.165) is 11.3 Å². The molecule has 1 aromatic carbocycles. The summed E-state index contributed by atoms with van der Waals surface area (Å²) in [6.07, 6.45) is 2.19. The van der Waals surface area contributed by atoms with Crippen molar-refractivity contribution in [1.82, 2.24) is 15.0 Å². The van der Waals surface area contributed by atoms with Crippen LogP contribution >= 0.6 is 0 Å². The summed E-state index contributed by atoms with van der Waals surface area (Å²) in [5.74, 6) is 0. The van der Waals surface area contributed by atoms with Gasteiger partial charge in [0.15, 0.2) is 0 Å². The number of rotatable bonds is 7. The highest BCUT2D eigenvalue weighted by atomic mass is 32.2. The number of aromatic amines is 1. The second kappa shape index (κ2) is 6.69. The molecular formula is C14H19N3O2S. The highest BCUT2D eigenvalue weighted by Gasteiger charge is 2.15. The lowest BCUT2D eigenvalue weighted by Crippen LogP contribution is -2.25. The quantitative estimate of drug-likeness (QED) is 0.719.